The zero-order valence-corrected chi connectivity index (χ0v) is 17.1. The standard InChI is InChI=1S/C26H19NO4/c1-16-8-13-22-20(14-16)21(15-23(30-22)17-9-11-19(29-2)12-10-17)24-26(28)31-25(27-24)18-6-4-3-5-7-18/h3-15H,1-2H3/b24-21-. The lowest BCUT2D eigenvalue weighted by molar-refractivity contribution is -0.129. The van der Waals surface area contributed by atoms with Crippen LogP contribution in [0.15, 0.2) is 89.6 Å². The Labute approximate surface area is 179 Å². The number of ether oxygens (including phenoxy) is 3. The van der Waals surface area contributed by atoms with Gasteiger partial charge in [0.2, 0.25) is 5.90 Å². The highest BCUT2D eigenvalue weighted by Gasteiger charge is 2.30. The van der Waals surface area contributed by atoms with Crippen molar-refractivity contribution in [2.75, 3.05) is 7.11 Å². The van der Waals surface area contributed by atoms with Gasteiger partial charge in [0.25, 0.3) is 0 Å². The molecule has 5 nitrogen and oxygen atoms in total. The second-order valence-corrected chi connectivity index (χ2v) is 7.27. The fourth-order valence-electron chi connectivity index (χ4n) is 3.57. The van der Waals surface area contributed by atoms with Gasteiger partial charge in [0.05, 0.1) is 7.11 Å². The number of methoxy groups -OCH3 is 1. The number of esters is 1. The molecule has 0 aromatic heterocycles. The summed E-state index contributed by atoms with van der Waals surface area (Å²) in [4.78, 5) is 17.3. The Hall–Kier alpha value is -4.12. The van der Waals surface area contributed by atoms with Crippen LogP contribution >= 0.6 is 0 Å². The van der Waals surface area contributed by atoms with E-state index in [0.29, 0.717) is 23.0 Å². The largest absolute Gasteiger partial charge is 0.497 e. The van der Waals surface area contributed by atoms with Gasteiger partial charge in [0, 0.05) is 22.3 Å². The van der Waals surface area contributed by atoms with E-state index in [2.05, 4.69) is 4.99 Å². The van der Waals surface area contributed by atoms with E-state index >= 15 is 0 Å². The van der Waals surface area contributed by atoms with Gasteiger partial charge >= 0.3 is 5.97 Å². The van der Waals surface area contributed by atoms with Gasteiger partial charge in [-0.15, -0.1) is 0 Å². The van der Waals surface area contributed by atoms with Crippen molar-refractivity contribution in [3.8, 4) is 11.5 Å². The first-order valence-electron chi connectivity index (χ1n) is 9.88. The monoisotopic (exact) mass is 409 g/mol. The fraction of sp³-hybridized carbons (Fsp3) is 0.0769. The van der Waals surface area contributed by atoms with E-state index in [1.165, 1.54) is 0 Å². The minimum absolute atomic E-state index is 0.264. The molecule has 3 aromatic carbocycles. The average Bonchev–Trinajstić information content (AvgIpc) is 3.20. The van der Waals surface area contributed by atoms with Crippen molar-refractivity contribution in [2.45, 2.75) is 6.92 Å². The summed E-state index contributed by atoms with van der Waals surface area (Å²) in [7, 11) is 1.63. The van der Waals surface area contributed by atoms with E-state index < -0.39 is 5.97 Å². The van der Waals surface area contributed by atoms with Crippen molar-refractivity contribution < 1.29 is 19.0 Å². The molecule has 152 valence electrons. The molecular formula is C26H19NO4. The molecule has 0 atom stereocenters. The molecule has 31 heavy (non-hydrogen) atoms. The molecule has 0 N–H and O–H groups in total. The molecular weight excluding hydrogens is 390 g/mol. The van der Waals surface area contributed by atoms with Gasteiger partial charge in [-0.05, 0) is 61.5 Å². The van der Waals surface area contributed by atoms with E-state index in [-0.39, 0.29) is 5.70 Å². The lowest BCUT2D eigenvalue weighted by Crippen LogP contribution is -2.08. The summed E-state index contributed by atoms with van der Waals surface area (Å²) in [6, 6.07) is 22.8. The van der Waals surface area contributed by atoms with E-state index in [9.17, 15) is 4.79 Å². The third kappa shape index (κ3) is 3.51. The number of carbonyl (C=O) groups excluding carboxylic acids is 1. The van der Waals surface area contributed by atoms with Crippen molar-refractivity contribution >= 4 is 23.2 Å². The van der Waals surface area contributed by atoms with Crippen LogP contribution in [0.4, 0.5) is 0 Å². The van der Waals surface area contributed by atoms with Crippen LogP contribution < -0.4 is 9.47 Å². The van der Waals surface area contributed by atoms with E-state index in [1.807, 2.05) is 85.8 Å². The molecule has 2 aliphatic rings. The van der Waals surface area contributed by atoms with Crippen LogP contribution in [0.2, 0.25) is 0 Å². The van der Waals surface area contributed by atoms with E-state index in [1.54, 1.807) is 7.11 Å². The molecule has 0 unspecified atom stereocenters. The number of aryl methyl sites for hydroxylation is 1. The third-order valence-electron chi connectivity index (χ3n) is 5.17. The smallest absolute Gasteiger partial charge is 0.364 e. The van der Waals surface area contributed by atoms with Gasteiger partial charge in [-0.25, -0.2) is 9.79 Å². The predicted octanol–water partition coefficient (Wildman–Crippen LogP) is 5.15. The van der Waals surface area contributed by atoms with Crippen molar-refractivity contribution in [2.24, 2.45) is 4.99 Å². The normalized spacial score (nSPS) is 17.3. The van der Waals surface area contributed by atoms with Crippen molar-refractivity contribution in [3.63, 3.8) is 0 Å². The lowest BCUT2D eigenvalue weighted by atomic mass is 9.96. The van der Waals surface area contributed by atoms with E-state index in [0.717, 1.165) is 28.0 Å². The maximum absolute atomic E-state index is 12.8. The van der Waals surface area contributed by atoms with Gasteiger partial charge in [-0.3, -0.25) is 0 Å². The summed E-state index contributed by atoms with van der Waals surface area (Å²) in [5.74, 6) is 1.86. The SMILES string of the molecule is COc1ccc(C2=C/C(=C3/N=C(c4ccccc4)OC3=O)c3cc(C)ccc3O2)cc1. The first-order valence-corrected chi connectivity index (χ1v) is 9.88. The first-order chi connectivity index (χ1) is 15.1. The van der Waals surface area contributed by atoms with Crippen LogP contribution in [-0.2, 0) is 9.53 Å². The Bertz CT molecular complexity index is 1270. The minimum Gasteiger partial charge on any atom is -0.497 e. The molecule has 0 bridgehead atoms. The highest BCUT2D eigenvalue weighted by Crippen LogP contribution is 2.40. The maximum Gasteiger partial charge on any atom is 0.364 e. The van der Waals surface area contributed by atoms with Gasteiger partial charge in [0.1, 0.15) is 17.3 Å². The molecule has 5 heteroatoms. The first kappa shape index (κ1) is 18.9. The summed E-state index contributed by atoms with van der Waals surface area (Å²) in [6.07, 6.45) is 1.84. The number of carbonyl (C=O) groups is 1. The van der Waals surface area contributed by atoms with Crippen LogP contribution in [0.1, 0.15) is 22.3 Å². The van der Waals surface area contributed by atoms with Gasteiger partial charge < -0.3 is 14.2 Å². The number of cyclic esters (lactones) is 1. The minimum atomic E-state index is -0.478. The summed E-state index contributed by atoms with van der Waals surface area (Å²) in [5.41, 5.74) is 4.42. The molecule has 0 saturated carbocycles. The molecule has 2 heterocycles. The number of hydrogen-bond acceptors (Lipinski definition) is 5. The average molecular weight is 409 g/mol. The van der Waals surface area contributed by atoms with E-state index in [4.69, 9.17) is 14.2 Å². The molecule has 0 saturated heterocycles. The van der Waals surface area contributed by atoms with Crippen molar-refractivity contribution in [3.05, 3.63) is 107 Å². The number of allylic oxidation sites excluding steroid dienone is 2. The van der Waals surface area contributed by atoms with Crippen LogP contribution in [0, 0.1) is 6.92 Å². The summed E-state index contributed by atoms with van der Waals surface area (Å²) >= 11 is 0. The van der Waals surface area contributed by atoms with Crippen LogP contribution in [0.3, 0.4) is 0 Å². The zero-order chi connectivity index (χ0) is 21.4. The highest BCUT2D eigenvalue weighted by molar-refractivity contribution is 6.15. The fourth-order valence-corrected chi connectivity index (χ4v) is 3.57. The van der Waals surface area contributed by atoms with Gasteiger partial charge in [-0.2, -0.15) is 0 Å². The number of hydrogen-bond donors (Lipinski definition) is 0. The zero-order valence-electron chi connectivity index (χ0n) is 17.1. The molecule has 0 aliphatic carbocycles. The number of fused-ring (bicyclic) bond motifs is 1. The molecule has 0 radical (unpaired) electrons. The molecule has 5 rings (SSSR count). The Morgan fingerprint density at radius 1 is 0.871 bits per heavy atom. The Morgan fingerprint density at radius 3 is 2.39 bits per heavy atom. The summed E-state index contributed by atoms with van der Waals surface area (Å²) in [6.45, 7) is 2.00. The van der Waals surface area contributed by atoms with Crippen LogP contribution in [0.25, 0.3) is 11.3 Å². The number of benzene rings is 3. The van der Waals surface area contributed by atoms with Gasteiger partial charge in [-0.1, -0.05) is 29.8 Å². The number of nitrogens with zero attached hydrogens (tertiary/aromatic N) is 1. The second-order valence-electron chi connectivity index (χ2n) is 7.27. The van der Waals surface area contributed by atoms with Crippen LogP contribution in [0.5, 0.6) is 11.5 Å². The molecule has 0 spiro atoms. The maximum atomic E-state index is 12.8. The van der Waals surface area contributed by atoms with Crippen LogP contribution in [-0.4, -0.2) is 19.0 Å². The molecule has 3 aromatic rings. The highest BCUT2D eigenvalue weighted by atomic mass is 16.6. The Balaban J connectivity index is 1.67. The summed E-state index contributed by atoms with van der Waals surface area (Å²) < 4.78 is 16.9. The molecule has 0 fully saturated rings. The Morgan fingerprint density at radius 2 is 1.65 bits per heavy atom. The summed E-state index contributed by atoms with van der Waals surface area (Å²) in [5, 5.41) is 0. The van der Waals surface area contributed by atoms with Crippen molar-refractivity contribution in [1.82, 2.24) is 0 Å². The lowest BCUT2D eigenvalue weighted by Gasteiger charge is -2.21. The third-order valence-corrected chi connectivity index (χ3v) is 5.17. The molecule has 0 amide bonds. The Kier molecular flexibility index (Phi) is 4.64. The quantitative estimate of drug-likeness (QED) is 0.443. The van der Waals surface area contributed by atoms with Gasteiger partial charge in [0.15, 0.2) is 5.70 Å². The second kappa shape index (κ2) is 7.61. The number of rotatable bonds is 3. The molecule has 2 aliphatic heterocycles. The van der Waals surface area contributed by atoms with Crippen molar-refractivity contribution in [1.29, 1.82) is 0 Å². The predicted molar refractivity (Wildman–Crippen MR) is 119 cm³/mol. The topological polar surface area (TPSA) is 57.1 Å². The number of aliphatic imine (C=N–C) groups is 1.